The smallest absolute Gasteiger partial charge is 0.133 e. The molecule has 1 aliphatic carbocycles. The van der Waals surface area contributed by atoms with Gasteiger partial charge in [-0.2, -0.15) is 0 Å². The van der Waals surface area contributed by atoms with Gasteiger partial charge in [-0.1, -0.05) is 0 Å². The van der Waals surface area contributed by atoms with E-state index < -0.39 is 10.8 Å². The number of rotatable bonds is 0. The standard InChI is InChI=1S/C7H10O2S/c8-7-1-5-3-10(9)4-6(5)2-7/h5-6H,1-4H2. The molecule has 1 aliphatic heterocycles. The van der Waals surface area contributed by atoms with Crippen molar-refractivity contribution in [3.05, 3.63) is 0 Å². The highest BCUT2D eigenvalue weighted by Crippen LogP contribution is 2.35. The van der Waals surface area contributed by atoms with Crippen LogP contribution in [0.4, 0.5) is 0 Å². The van der Waals surface area contributed by atoms with E-state index in [1.54, 1.807) is 0 Å². The van der Waals surface area contributed by atoms with E-state index in [9.17, 15) is 9.00 Å². The minimum Gasteiger partial charge on any atom is -0.300 e. The Morgan fingerprint density at radius 1 is 1.20 bits per heavy atom. The van der Waals surface area contributed by atoms with E-state index in [0.29, 0.717) is 30.5 Å². The van der Waals surface area contributed by atoms with Crippen molar-refractivity contribution in [2.45, 2.75) is 12.8 Å². The molecule has 2 aliphatic rings. The number of ketones is 1. The predicted octanol–water partition coefficient (Wildman–Crippen LogP) is 0.344. The summed E-state index contributed by atoms with van der Waals surface area (Å²) < 4.78 is 11.0. The highest BCUT2D eigenvalue weighted by atomic mass is 32.2. The minimum absolute atomic E-state index is 0.381. The molecule has 0 aromatic rings. The molecule has 0 N–H and O–H groups in total. The first-order chi connectivity index (χ1) is 4.75. The van der Waals surface area contributed by atoms with Gasteiger partial charge in [-0.3, -0.25) is 9.00 Å². The van der Waals surface area contributed by atoms with Gasteiger partial charge in [0.05, 0.1) is 0 Å². The van der Waals surface area contributed by atoms with Gasteiger partial charge in [-0.05, 0) is 11.8 Å². The van der Waals surface area contributed by atoms with Crippen LogP contribution in [-0.4, -0.2) is 21.5 Å². The summed E-state index contributed by atoms with van der Waals surface area (Å²) in [7, 11) is -0.599. The molecule has 2 atom stereocenters. The van der Waals surface area contributed by atoms with Crippen LogP contribution in [0.15, 0.2) is 0 Å². The largest absolute Gasteiger partial charge is 0.300 e. The van der Waals surface area contributed by atoms with Crippen LogP contribution in [-0.2, 0) is 15.6 Å². The van der Waals surface area contributed by atoms with Crippen LogP contribution in [0.3, 0.4) is 0 Å². The number of carbonyl (C=O) groups is 1. The summed E-state index contributed by atoms with van der Waals surface area (Å²) in [5, 5.41) is 0. The first kappa shape index (κ1) is 6.53. The maximum absolute atomic E-state index is 11.0. The lowest BCUT2D eigenvalue weighted by atomic mass is 10.0. The molecule has 0 bridgehead atoms. The monoisotopic (exact) mass is 158 g/mol. The molecule has 1 saturated heterocycles. The molecule has 1 saturated carbocycles. The Kier molecular flexibility index (Phi) is 1.41. The summed E-state index contributed by atoms with van der Waals surface area (Å²) in [4.78, 5) is 10.9. The van der Waals surface area contributed by atoms with E-state index >= 15 is 0 Å². The van der Waals surface area contributed by atoms with Gasteiger partial charge in [-0.25, -0.2) is 0 Å². The summed E-state index contributed by atoms with van der Waals surface area (Å²) in [6.07, 6.45) is 1.41. The molecule has 0 aromatic heterocycles. The molecule has 1 heterocycles. The van der Waals surface area contributed by atoms with Crippen molar-refractivity contribution in [2.75, 3.05) is 11.5 Å². The summed E-state index contributed by atoms with van der Waals surface area (Å²) in [6.45, 7) is 0. The highest BCUT2D eigenvalue weighted by Gasteiger charge is 2.39. The molecule has 0 radical (unpaired) electrons. The minimum atomic E-state index is -0.599. The fourth-order valence-electron chi connectivity index (χ4n) is 1.94. The number of Topliss-reactive ketones (excluding diaryl/α,β-unsaturated/α-hetero) is 1. The van der Waals surface area contributed by atoms with Crippen molar-refractivity contribution in [1.82, 2.24) is 0 Å². The molecule has 2 fully saturated rings. The fraction of sp³-hybridized carbons (Fsp3) is 0.857. The van der Waals surface area contributed by atoms with Crippen molar-refractivity contribution >= 4 is 16.6 Å². The number of carbonyl (C=O) groups excluding carboxylic acids is 1. The molecule has 2 rings (SSSR count). The van der Waals surface area contributed by atoms with Crippen LogP contribution in [0.1, 0.15) is 12.8 Å². The molecule has 2 unspecified atom stereocenters. The maximum Gasteiger partial charge on any atom is 0.133 e. The van der Waals surface area contributed by atoms with Crippen LogP contribution in [0, 0.1) is 11.8 Å². The first-order valence-electron chi connectivity index (χ1n) is 3.62. The molecule has 2 nitrogen and oxygen atoms in total. The van der Waals surface area contributed by atoms with Crippen LogP contribution >= 0.6 is 0 Å². The van der Waals surface area contributed by atoms with Crippen LogP contribution in [0.25, 0.3) is 0 Å². The zero-order chi connectivity index (χ0) is 7.14. The predicted molar refractivity (Wildman–Crippen MR) is 39.1 cm³/mol. The summed E-state index contributed by atoms with van der Waals surface area (Å²) in [6, 6.07) is 0. The van der Waals surface area contributed by atoms with Gasteiger partial charge in [0, 0.05) is 35.1 Å². The average Bonchev–Trinajstić information content (AvgIpc) is 2.21. The third-order valence-electron chi connectivity index (χ3n) is 2.45. The second-order valence-electron chi connectivity index (χ2n) is 3.24. The molecular formula is C7H10O2S. The van der Waals surface area contributed by atoms with E-state index in [-0.39, 0.29) is 0 Å². The Bertz CT molecular complexity index is 162. The highest BCUT2D eigenvalue weighted by molar-refractivity contribution is 7.85. The third-order valence-corrected chi connectivity index (χ3v) is 4.05. The Hall–Kier alpha value is -0.180. The lowest BCUT2D eigenvalue weighted by Gasteiger charge is -2.01. The Morgan fingerprint density at radius 2 is 1.70 bits per heavy atom. The van der Waals surface area contributed by atoms with Crippen LogP contribution in [0.5, 0.6) is 0 Å². The van der Waals surface area contributed by atoms with E-state index in [0.717, 1.165) is 11.5 Å². The average molecular weight is 158 g/mol. The van der Waals surface area contributed by atoms with Crippen molar-refractivity contribution in [2.24, 2.45) is 11.8 Å². The number of fused-ring (bicyclic) bond motifs is 1. The number of hydrogen-bond acceptors (Lipinski definition) is 2. The van der Waals surface area contributed by atoms with E-state index in [1.165, 1.54) is 0 Å². The Morgan fingerprint density at radius 3 is 2.20 bits per heavy atom. The van der Waals surface area contributed by atoms with Crippen molar-refractivity contribution < 1.29 is 9.00 Å². The summed E-state index contributed by atoms with van der Waals surface area (Å²) in [5.41, 5.74) is 0. The van der Waals surface area contributed by atoms with Gasteiger partial charge in [0.15, 0.2) is 0 Å². The second-order valence-corrected chi connectivity index (χ2v) is 4.79. The normalized spacial score (nSPS) is 46.0. The van der Waals surface area contributed by atoms with Gasteiger partial charge >= 0.3 is 0 Å². The van der Waals surface area contributed by atoms with Crippen LogP contribution < -0.4 is 0 Å². The molecule has 3 heteroatoms. The third kappa shape index (κ3) is 0.926. The second kappa shape index (κ2) is 2.16. The number of hydrogen-bond donors (Lipinski definition) is 0. The Labute approximate surface area is 62.5 Å². The molecule has 0 spiro atoms. The van der Waals surface area contributed by atoms with Crippen LogP contribution in [0.2, 0.25) is 0 Å². The lowest BCUT2D eigenvalue weighted by Crippen LogP contribution is -2.01. The van der Waals surface area contributed by atoms with E-state index in [1.807, 2.05) is 0 Å². The van der Waals surface area contributed by atoms with Gasteiger partial charge in [0.1, 0.15) is 5.78 Å². The maximum atomic E-state index is 11.0. The summed E-state index contributed by atoms with van der Waals surface area (Å²) in [5.74, 6) is 2.92. The SMILES string of the molecule is O=C1CC2CS(=O)CC2C1. The zero-order valence-electron chi connectivity index (χ0n) is 5.71. The van der Waals surface area contributed by atoms with Crippen molar-refractivity contribution in [3.63, 3.8) is 0 Å². The molecule has 0 aromatic carbocycles. The van der Waals surface area contributed by atoms with Gasteiger partial charge in [0.25, 0.3) is 0 Å². The molecular weight excluding hydrogens is 148 g/mol. The van der Waals surface area contributed by atoms with Gasteiger partial charge in [0.2, 0.25) is 0 Å². The molecule has 56 valence electrons. The van der Waals surface area contributed by atoms with Crippen molar-refractivity contribution in [3.8, 4) is 0 Å². The molecule has 10 heavy (non-hydrogen) atoms. The van der Waals surface area contributed by atoms with Gasteiger partial charge in [-0.15, -0.1) is 0 Å². The Balaban J connectivity index is 2.12. The quantitative estimate of drug-likeness (QED) is 0.509. The van der Waals surface area contributed by atoms with E-state index in [2.05, 4.69) is 0 Å². The lowest BCUT2D eigenvalue weighted by molar-refractivity contribution is -0.117. The topological polar surface area (TPSA) is 34.1 Å². The fourth-order valence-corrected chi connectivity index (χ4v) is 3.81. The zero-order valence-corrected chi connectivity index (χ0v) is 6.52. The van der Waals surface area contributed by atoms with E-state index in [4.69, 9.17) is 0 Å². The summed E-state index contributed by atoms with van der Waals surface area (Å²) >= 11 is 0. The first-order valence-corrected chi connectivity index (χ1v) is 5.11. The molecule has 0 amide bonds. The van der Waals surface area contributed by atoms with Crippen molar-refractivity contribution in [1.29, 1.82) is 0 Å². The van der Waals surface area contributed by atoms with Gasteiger partial charge < -0.3 is 0 Å².